The summed E-state index contributed by atoms with van der Waals surface area (Å²) in [4.78, 5) is 0. The van der Waals surface area contributed by atoms with Crippen molar-refractivity contribution in [2.45, 2.75) is 79.1 Å². The van der Waals surface area contributed by atoms with Crippen molar-refractivity contribution in [2.24, 2.45) is 0 Å². The van der Waals surface area contributed by atoms with Gasteiger partial charge in [-0.15, -0.1) is 0 Å². The van der Waals surface area contributed by atoms with E-state index in [-0.39, 0.29) is 0 Å². The van der Waals surface area contributed by atoms with Crippen LogP contribution in [-0.2, 0) is 0 Å². The van der Waals surface area contributed by atoms with Gasteiger partial charge in [0.05, 0.1) is 5.56 Å². The molecule has 5 aromatic rings. The molecule has 0 aliphatic heterocycles. The second-order valence-corrected chi connectivity index (χ2v) is 12.5. The summed E-state index contributed by atoms with van der Waals surface area (Å²) in [6, 6.07) is 33.4. The van der Waals surface area contributed by atoms with Crippen molar-refractivity contribution in [3.63, 3.8) is 0 Å². The maximum absolute atomic E-state index is 2.46. The summed E-state index contributed by atoms with van der Waals surface area (Å²) in [5, 5.41) is 0. The summed E-state index contributed by atoms with van der Waals surface area (Å²) < 4.78 is 4.92. The molecule has 0 amide bonds. The lowest BCUT2D eigenvalue weighted by atomic mass is 9.92. The fraction of sp³-hybridized carbons (Fsp3) is 0.308. The third kappa shape index (κ3) is 5.53. The van der Waals surface area contributed by atoms with E-state index in [1.165, 1.54) is 56.1 Å². The van der Waals surface area contributed by atoms with E-state index in [1.54, 1.807) is 0 Å². The van der Waals surface area contributed by atoms with Crippen molar-refractivity contribution in [1.29, 1.82) is 0 Å². The van der Waals surface area contributed by atoms with Crippen LogP contribution in [0.25, 0.3) is 33.9 Å². The van der Waals surface area contributed by atoms with Crippen molar-refractivity contribution < 1.29 is 4.57 Å². The summed E-state index contributed by atoms with van der Waals surface area (Å²) in [6.07, 6.45) is 4.57. The van der Waals surface area contributed by atoms with E-state index >= 15 is 0 Å². The Hall–Kier alpha value is -3.91. The van der Waals surface area contributed by atoms with Crippen LogP contribution in [0.1, 0.15) is 101 Å². The summed E-state index contributed by atoms with van der Waals surface area (Å²) in [6.45, 7) is 18.4. The molecule has 0 spiro atoms. The van der Waals surface area contributed by atoms with Gasteiger partial charge in [0.1, 0.15) is 23.8 Å². The first-order valence-corrected chi connectivity index (χ1v) is 15.2. The van der Waals surface area contributed by atoms with E-state index in [1.807, 2.05) is 0 Å². The number of hydrogen-bond donors (Lipinski definition) is 0. The summed E-state index contributed by atoms with van der Waals surface area (Å²) in [7, 11) is 0. The van der Waals surface area contributed by atoms with Gasteiger partial charge in [-0.1, -0.05) is 134 Å². The van der Waals surface area contributed by atoms with E-state index in [9.17, 15) is 0 Å². The summed E-state index contributed by atoms with van der Waals surface area (Å²) >= 11 is 0. The number of rotatable bonds is 8. The van der Waals surface area contributed by atoms with E-state index in [0.717, 1.165) is 0 Å². The van der Waals surface area contributed by atoms with Gasteiger partial charge in [0, 0.05) is 22.3 Å². The van der Waals surface area contributed by atoms with Gasteiger partial charge in [0.15, 0.2) is 0 Å². The third-order valence-corrected chi connectivity index (χ3v) is 8.24. The Balaban J connectivity index is 1.85. The minimum Gasteiger partial charge on any atom is -0.195 e. The molecule has 0 unspecified atom stereocenters. The van der Waals surface area contributed by atoms with Crippen LogP contribution in [0.15, 0.2) is 103 Å². The highest BCUT2D eigenvalue weighted by Gasteiger charge is 2.30. The first-order valence-electron chi connectivity index (χ1n) is 15.2. The molecule has 0 aliphatic carbocycles. The summed E-state index contributed by atoms with van der Waals surface area (Å²) in [5.74, 6) is 2.81. The zero-order valence-corrected chi connectivity index (χ0v) is 26.0. The number of aromatic nitrogens is 2. The largest absolute Gasteiger partial charge is 0.299 e. The first-order chi connectivity index (χ1) is 19.7. The molecular weight excluding hydrogens is 496 g/mol. The van der Waals surface area contributed by atoms with Crippen LogP contribution in [0, 0.1) is 0 Å². The minimum atomic E-state index is 0.405. The second-order valence-electron chi connectivity index (χ2n) is 12.5. The van der Waals surface area contributed by atoms with Crippen molar-refractivity contribution in [3.05, 3.63) is 126 Å². The standard InChI is InChI=1S/C39H45N2/c1-26(2)33-16-12-17-34(27(3)4)37(33)40-24-25-41(38-35(28(5)6)18-13-19-36(38)29(7)8)39(40)32-22-20-31(21-23-32)30-14-10-9-11-15-30/h9-29H,1-8H3/q+1. The molecule has 2 heteroatoms. The highest BCUT2D eigenvalue weighted by molar-refractivity contribution is 5.69. The van der Waals surface area contributed by atoms with Crippen molar-refractivity contribution in [1.82, 2.24) is 4.57 Å². The van der Waals surface area contributed by atoms with Gasteiger partial charge in [-0.3, -0.25) is 0 Å². The predicted molar refractivity (Wildman–Crippen MR) is 175 cm³/mol. The van der Waals surface area contributed by atoms with E-state index in [0.29, 0.717) is 23.7 Å². The Bertz CT molecular complexity index is 1480. The number of nitrogens with zero attached hydrogens (tertiary/aromatic N) is 2. The Morgan fingerprint density at radius 1 is 0.463 bits per heavy atom. The SMILES string of the molecule is CC(C)c1cccc(C(C)C)c1-n1cc[n+](-c2c(C(C)C)cccc2C(C)C)c1-c1ccc(-c2ccccc2)cc1. The number of para-hydroxylation sites is 2. The average Bonchev–Trinajstić information content (AvgIpc) is 3.41. The minimum absolute atomic E-state index is 0.405. The van der Waals surface area contributed by atoms with Gasteiger partial charge in [0.2, 0.25) is 0 Å². The van der Waals surface area contributed by atoms with Gasteiger partial charge < -0.3 is 0 Å². The summed E-state index contributed by atoms with van der Waals surface area (Å²) in [5.41, 5.74) is 11.8. The monoisotopic (exact) mass is 541 g/mol. The molecule has 41 heavy (non-hydrogen) atoms. The van der Waals surface area contributed by atoms with Crippen molar-refractivity contribution >= 4 is 0 Å². The molecule has 0 aliphatic rings. The third-order valence-electron chi connectivity index (χ3n) is 8.24. The molecule has 1 heterocycles. The van der Waals surface area contributed by atoms with Gasteiger partial charge >= 0.3 is 0 Å². The Kier molecular flexibility index (Phi) is 8.31. The van der Waals surface area contributed by atoms with E-state index < -0.39 is 0 Å². The highest BCUT2D eigenvalue weighted by atomic mass is 15.2. The number of hydrogen-bond acceptors (Lipinski definition) is 0. The molecule has 0 bridgehead atoms. The van der Waals surface area contributed by atoms with Crippen LogP contribution in [0.2, 0.25) is 0 Å². The van der Waals surface area contributed by atoms with Crippen LogP contribution in [0.5, 0.6) is 0 Å². The van der Waals surface area contributed by atoms with Crippen molar-refractivity contribution in [2.75, 3.05) is 0 Å². The molecule has 5 rings (SSSR count). The van der Waals surface area contributed by atoms with E-state index in [4.69, 9.17) is 0 Å². The molecule has 0 radical (unpaired) electrons. The normalized spacial score (nSPS) is 11.8. The van der Waals surface area contributed by atoms with Crippen LogP contribution >= 0.6 is 0 Å². The van der Waals surface area contributed by atoms with Gasteiger partial charge in [0.25, 0.3) is 5.82 Å². The quantitative estimate of drug-likeness (QED) is 0.173. The lowest BCUT2D eigenvalue weighted by Crippen LogP contribution is -2.35. The second kappa shape index (κ2) is 11.9. The molecule has 2 nitrogen and oxygen atoms in total. The molecule has 4 aromatic carbocycles. The lowest BCUT2D eigenvalue weighted by Gasteiger charge is -2.20. The first kappa shape index (κ1) is 28.6. The van der Waals surface area contributed by atoms with Gasteiger partial charge in [-0.05, 0) is 46.9 Å². The number of imidazole rings is 1. The molecule has 1 aromatic heterocycles. The molecule has 0 N–H and O–H groups in total. The molecular formula is C39H45N2+. The Morgan fingerprint density at radius 3 is 1.39 bits per heavy atom. The maximum Gasteiger partial charge on any atom is 0.299 e. The van der Waals surface area contributed by atoms with Crippen molar-refractivity contribution in [3.8, 4) is 33.9 Å². The van der Waals surface area contributed by atoms with Crippen LogP contribution in [0.3, 0.4) is 0 Å². The lowest BCUT2D eigenvalue weighted by molar-refractivity contribution is -0.584. The fourth-order valence-corrected chi connectivity index (χ4v) is 6.05. The zero-order valence-electron chi connectivity index (χ0n) is 26.0. The maximum atomic E-state index is 2.46. The fourth-order valence-electron chi connectivity index (χ4n) is 6.05. The van der Waals surface area contributed by atoms with Gasteiger partial charge in [-0.2, -0.15) is 9.13 Å². The average molecular weight is 542 g/mol. The Morgan fingerprint density at radius 2 is 0.902 bits per heavy atom. The van der Waals surface area contributed by atoms with E-state index in [2.05, 4.69) is 168 Å². The van der Waals surface area contributed by atoms with Gasteiger partial charge in [-0.25, -0.2) is 0 Å². The molecule has 0 saturated carbocycles. The molecule has 210 valence electrons. The zero-order chi connectivity index (χ0) is 29.3. The highest BCUT2D eigenvalue weighted by Crippen LogP contribution is 2.36. The smallest absolute Gasteiger partial charge is 0.195 e. The molecule has 0 fully saturated rings. The molecule has 0 atom stereocenters. The van der Waals surface area contributed by atoms with Crippen LogP contribution < -0.4 is 4.57 Å². The van der Waals surface area contributed by atoms with Crippen LogP contribution in [0.4, 0.5) is 0 Å². The predicted octanol–water partition coefficient (Wildman–Crippen LogP) is 10.6. The number of benzene rings is 4. The molecule has 0 saturated heterocycles. The Labute approximate surface area is 247 Å². The topological polar surface area (TPSA) is 8.81 Å². The van der Waals surface area contributed by atoms with Crippen LogP contribution in [-0.4, -0.2) is 4.57 Å².